The molecule has 1 aromatic carbocycles. The summed E-state index contributed by atoms with van der Waals surface area (Å²) in [6.07, 6.45) is 1.52. The molecule has 5 nitrogen and oxygen atoms in total. The summed E-state index contributed by atoms with van der Waals surface area (Å²) in [5.74, 6) is -0.589. The minimum Gasteiger partial charge on any atom is -0.462 e. The zero-order chi connectivity index (χ0) is 14.0. The predicted octanol–water partition coefficient (Wildman–Crippen LogP) is 1.38. The molecule has 0 unspecified atom stereocenters. The Balaban J connectivity index is 2.77. The number of fused-ring (bicyclic) bond motifs is 1. The number of rotatable bonds is 3. The van der Waals surface area contributed by atoms with E-state index in [1.165, 1.54) is 6.20 Å². The lowest BCUT2D eigenvalue weighted by Gasteiger charge is -2.20. The molecule has 19 heavy (non-hydrogen) atoms. The highest BCUT2D eigenvalue weighted by atomic mass is 16.5. The molecule has 0 fully saturated rings. The number of nitrogens with zero attached hydrogens (tertiary/aromatic N) is 2. The van der Waals surface area contributed by atoms with Gasteiger partial charge < -0.3 is 9.75 Å². The van der Waals surface area contributed by atoms with Crippen LogP contribution in [0.4, 0.5) is 0 Å². The fourth-order valence-electron chi connectivity index (χ4n) is 1.95. The van der Waals surface area contributed by atoms with Crippen LogP contribution in [0.3, 0.4) is 0 Å². The second-order valence-electron chi connectivity index (χ2n) is 4.30. The van der Waals surface area contributed by atoms with Gasteiger partial charge in [-0.3, -0.25) is 9.47 Å². The van der Waals surface area contributed by atoms with Crippen molar-refractivity contribution in [3.63, 3.8) is 0 Å². The van der Waals surface area contributed by atoms with Gasteiger partial charge in [0, 0.05) is 25.7 Å². The summed E-state index contributed by atoms with van der Waals surface area (Å²) in [5.41, 5.74) is 0.506. The van der Waals surface area contributed by atoms with Crippen molar-refractivity contribution in [1.82, 2.24) is 4.68 Å². The van der Waals surface area contributed by atoms with Crippen molar-refractivity contribution in [1.29, 1.82) is 0 Å². The van der Waals surface area contributed by atoms with E-state index in [1.54, 1.807) is 28.7 Å². The molecular weight excluding hydrogens is 244 g/mol. The van der Waals surface area contributed by atoms with Gasteiger partial charge in [-0.15, -0.1) is 0 Å². The Morgan fingerprint density at radius 1 is 1.32 bits per heavy atom. The minimum absolute atomic E-state index is 0.0502. The lowest BCUT2D eigenvalue weighted by Crippen LogP contribution is -2.30. The van der Waals surface area contributed by atoms with E-state index in [1.807, 2.05) is 26.2 Å². The molecule has 2 aromatic rings. The first kappa shape index (κ1) is 13.1. The summed E-state index contributed by atoms with van der Waals surface area (Å²) in [6.45, 7) is 1.95. The predicted molar refractivity (Wildman–Crippen MR) is 74.2 cm³/mol. The van der Waals surface area contributed by atoms with Gasteiger partial charge in [-0.05, 0) is 19.1 Å². The molecule has 0 spiro atoms. The first-order chi connectivity index (χ1) is 9.06. The third-order valence-electron chi connectivity index (χ3n) is 2.82. The van der Waals surface area contributed by atoms with E-state index in [-0.39, 0.29) is 17.6 Å². The number of esters is 1. The third kappa shape index (κ3) is 2.31. The normalized spacial score (nSPS) is 10.5. The number of para-hydroxylation sites is 1. The number of pyridine rings is 1. The fraction of sp³-hybridized carbons (Fsp3) is 0.286. The first-order valence-corrected chi connectivity index (χ1v) is 6.05. The second kappa shape index (κ2) is 5.14. The molecule has 0 aliphatic carbocycles. The van der Waals surface area contributed by atoms with Crippen LogP contribution < -0.4 is 10.4 Å². The molecule has 100 valence electrons. The Hall–Kier alpha value is -2.30. The molecule has 5 heteroatoms. The lowest BCUT2D eigenvalue weighted by molar-refractivity contribution is 0.0524. The quantitative estimate of drug-likeness (QED) is 0.782. The third-order valence-corrected chi connectivity index (χ3v) is 2.82. The molecule has 0 radical (unpaired) electrons. The van der Waals surface area contributed by atoms with E-state index >= 15 is 0 Å². The van der Waals surface area contributed by atoms with Crippen LogP contribution in [0.15, 0.2) is 35.3 Å². The molecule has 0 aliphatic rings. The van der Waals surface area contributed by atoms with E-state index in [9.17, 15) is 9.59 Å². The molecule has 1 aromatic heterocycles. The first-order valence-electron chi connectivity index (χ1n) is 6.05. The van der Waals surface area contributed by atoms with Crippen LogP contribution in [-0.2, 0) is 4.74 Å². The van der Waals surface area contributed by atoms with Crippen molar-refractivity contribution >= 4 is 16.9 Å². The molecule has 0 saturated carbocycles. The van der Waals surface area contributed by atoms with Gasteiger partial charge in [0.05, 0.1) is 12.1 Å². The minimum atomic E-state index is -0.589. The van der Waals surface area contributed by atoms with Crippen molar-refractivity contribution in [3.05, 3.63) is 46.2 Å². The smallest absolute Gasteiger partial charge is 0.343 e. The molecule has 0 saturated heterocycles. The van der Waals surface area contributed by atoms with Crippen LogP contribution in [-0.4, -0.2) is 31.3 Å². The monoisotopic (exact) mass is 260 g/mol. The lowest BCUT2D eigenvalue weighted by atomic mass is 10.1. The van der Waals surface area contributed by atoms with Gasteiger partial charge >= 0.3 is 5.97 Å². The van der Waals surface area contributed by atoms with Crippen LogP contribution in [0, 0.1) is 0 Å². The molecular formula is C14H16N2O3. The van der Waals surface area contributed by atoms with Crippen molar-refractivity contribution in [2.75, 3.05) is 25.7 Å². The van der Waals surface area contributed by atoms with Gasteiger partial charge in [-0.1, -0.05) is 12.1 Å². The van der Waals surface area contributed by atoms with E-state index in [4.69, 9.17) is 4.74 Å². The Morgan fingerprint density at radius 3 is 2.63 bits per heavy atom. The standard InChI is InChI=1S/C14H16N2O3/c1-4-19-14(18)11-9-16(15(2)3)12-8-6-5-7-10(12)13(11)17/h5-9H,4H2,1-3H3. The number of aromatic nitrogens is 1. The molecule has 0 aliphatic heterocycles. The Labute approximate surface area is 111 Å². The number of carbonyl (C=O) groups excluding carboxylic acids is 1. The zero-order valence-corrected chi connectivity index (χ0v) is 11.2. The number of ether oxygens (including phenoxy) is 1. The maximum absolute atomic E-state index is 12.3. The number of hydrogen-bond acceptors (Lipinski definition) is 4. The Morgan fingerprint density at radius 2 is 2.00 bits per heavy atom. The summed E-state index contributed by atoms with van der Waals surface area (Å²) in [7, 11) is 3.68. The highest BCUT2D eigenvalue weighted by molar-refractivity contribution is 5.93. The van der Waals surface area contributed by atoms with Gasteiger partial charge in [-0.2, -0.15) is 0 Å². The summed E-state index contributed by atoms with van der Waals surface area (Å²) < 4.78 is 6.67. The zero-order valence-electron chi connectivity index (χ0n) is 11.2. The molecule has 0 N–H and O–H groups in total. The van der Waals surface area contributed by atoms with Crippen LogP contribution in [0.25, 0.3) is 10.9 Å². The SMILES string of the molecule is CCOC(=O)c1cn(N(C)C)c2ccccc2c1=O. The summed E-state index contributed by atoms with van der Waals surface area (Å²) in [5, 5.41) is 2.30. The van der Waals surface area contributed by atoms with Crippen molar-refractivity contribution in [2.24, 2.45) is 0 Å². The van der Waals surface area contributed by atoms with Gasteiger partial charge in [0.2, 0.25) is 5.43 Å². The summed E-state index contributed by atoms with van der Waals surface area (Å²) in [6, 6.07) is 7.18. The van der Waals surface area contributed by atoms with Gasteiger partial charge in [0.15, 0.2) is 0 Å². The number of benzene rings is 1. The van der Waals surface area contributed by atoms with Crippen LogP contribution in [0.5, 0.6) is 0 Å². The number of carbonyl (C=O) groups is 1. The fourth-order valence-corrected chi connectivity index (χ4v) is 1.95. The largest absolute Gasteiger partial charge is 0.462 e. The maximum Gasteiger partial charge on any atom is 0.343 e. The second-order valence-corrected chi connectivity index (χ2v) is 4.30. The van der Waals surface area contributed by atoms with Crippen LogP contribution >= 0.6 is 0 Å². The molecule has 0 amide bonds. The van der Waals surface area contributed by atoms with Gasteiger partial charge in [-0.25, -0.2) is 4.79 Å². The maximum atomic E-state index is 12.3. The Kier molecular flexibility index (Phi) is 3.55. The van der Waals surface area contributed by atoms with E-state index in [2.05, 4.69) is 0 Å². The van der Waals surface area contributed by atoms with E-state index in [0.717, 1.165) is 5.52 Å². The van der Waals surface area contributed by atoms with Crippen molar-refractivity contribution < 1.29 is 9.53 Å². The summed E-state index contributed by atoms with van der Waals surface area (Å²) in [4.78, 5) is 24.1. The molecule has 2 rings (SSSR count). The highest BCUT2D eigenvalue weighted by Crippen LogP contribution is 2.12. The highest BCUT2D eigenvalue weighted by Gasteiger charge is 2.16. The summed E-state index contributed by atoms with van der Waals surface area (Å²) >= 11 is 0. The Bertz CT molecular complexity index is 674. The van der Waals surface area contributed by atoms with E-state index < -0.39 is 5.97 Å². The molecule has 0 bridgehead atoms. The van der Waals surface area contributed by atoms with Gasteiger partial charge in [0.25, 0.3) is 0 Å². The molecule has 1 heterocycles. The van der Waals surface area contributed by atoms with Crippen LogP contribution in [0.1, 0.15) is 17.3 Å². The van der Waals surface area contributed by atoms with E-state index in [0.29, 0.717) is 5.39 Å². The van der Waals surface area contributed by atoms with Crippen LogP contribution in [0.2, 0.25) is 0 Å². The average Bonchev–Trinajstić information content (AvgIpc) is 2.39. The molecule has 0 atom stereocenters. The topological polar surface area (TPSA) is 51.5 Å². The van der Waals surface area contributed by atoms with Crippen molar-refractivity contribution in [3.8, 4) is 0 Å². The average molecular weight is 260 g/mol. The van der Waals surface area contributed by atoms with Gasteiger partial charge in [0.1, 0.15) is 5.56 Å². The van der Waals surface area contributed by atoms with Crippen molar-refractivity contribution in [2.45, 2.75) is 6.92 Å². The number of hydrogen-bond donors (Lipinski definition) is 0.